The third-order valence-corrected chi connectivity index (χ3v) is 8.17. The summed E-state index contributed by atoms with van der Waals surface area (Å²) >= 11 is 0.621. The highest BCUT2D eigenvalue weighted by Crippen LogP contribution is 2.36. The van der Waals surface area contributed by atoms with Crippen LogP contribution in [0.1, 0.15) is 15.9 Å². The van der Waals surface area contributed by atoms with Crippen molar-refractivity contribution in [3.05, 3.63) is 52.4 Å². The summed E-state index contributed by atoms with van der Waals surface area (Å²) in [6.07, 6.45) is 2.55. The van der Waals surface area contributed by atoms with Crippen LogP contribution in [-0.2, 0) is 19.6 Å². The number of sulfonamides is 1. The Balaban J connectivity index is 1.37. The predicted octanol–water partition coefficient (Wildman–Crippen LogP) is 1.20. The molecular weight excluding hydrogens is 552 g/mol. The van der Waals surface area contributed by atoms with Crippen molar-refractivity contribution in [1.29, 1.82) is 0 Å². The van der Waals surface area contributed by atoms with Gasteiger partial charge in [0.25, 0.3) is 23.0 Å². The number of anilines is 1. The van der Waals surface area contributed by atoms with E-state index >= 15 is 0 Å². The Morgan fingerprint density at radius 2 is 1.59 bits per heavy atom. The van der Waals surface area contributed by atoms with E-state index < -0.39 is 50.2 Å². The molecule has 0 radical (unpaired) electrons. The molecule has 0 aromatic heterocycles. The fourth-order valence-electron chi connectivity index (χ4n) is 3.92. The van der Waals surface area contributed by atoms with Crippen LogP contribution in [0.2, 0.25) is 0 Å². The zero-order chi connectivity index (χ0) is 28.5. The molecule has 0 saturated carbocycles. The van der Waals surface area contributed by atoms with E-state index in [0.29, 0.717) is 41.0 Å². The molecule has 4 N–H and O–H groups in total. The van der Waals surface area contributed by atoms with Crippen molar-refractivity contribution in [3.8, 4) is 17.2 Å². The molecule has 2 aliphatic heterocycles. The van der Waals surface area contributed by atoms with Gasteiger partial charge in [0.1, 0.15) is 0 Å². The van der Waals surface area contributed by atoms with Crippen LogP contribution in [-0.4, -0.2) is 99.8 Å². The first-order valence-corrected chi connectivity index (χ1v) is 14.1. The maximum absolute atomic E-state index is 12.8. The fourth-order valence-corrected chi connectivity index (χ4v) is 5.58. The molecule has 206 valence electrons. The van der Waals surface area contributed by atoms with Gasteiger partial charge < -0.3 is 20.6 Å². The first-order valence-electron chi connectivity index (χ1n) is 11.5. The third kappa shape index (κ3) is 6.39. The van der Waals surface area contributed by atoms with Crippen LogP contribution < -0.4 is 5.32 Å². The minimum absolute atomic E-state index is 0.0436. The molecule has 2 aromatic rings. The summed E-state index contributed by atoms with van der Waals surface area (Å²) in [7, 11) is -3.33. The summed E-state index contributed by atoms with van der Waals surface area (Å²) < 4.78 is 24.6. The maximum Gasteiger partial charge on any atom is 0.300 e. The van der Waals surface area contributed by atoms with E-state index in [1.54, 1.807) is 17.0 Å². The molecule has 0 spiro atoms. The number of benzene rings is 2. The van der Waals surface area contributed by atoms with Gasteiger partial charge in [-0.1, -0.05) is 12.1 Å². The minimum Gasteiger partial charge on any atom is -0.504 e. The van der Waals surface area contributed by atoms with Crippen molar-refractivity contribution in [2.75, 3.05) is 44.3 Å². The molecule has 2 aliphatic rings. The zero-order valence-corrected chi connectivity index (χ0v) is 22.2. The number of hydrogen-bond acceptors (Lipinski definition) is 11. The number of nitrogens with zero attached hydrogens (tertiary/aromatic N) is 3. The van der Waals surface area contributed by atoms with Crippen LogP contribution in [0.4, 0.5) is 10.5 Å². The number of phenols is 3. The highest BCUT2D eigenvalue weighted by molar-refractivity contribution is 8.18. The lowest BCUT2D eigenvalue weighted by Gasteiger charge is -2.33. The number of hydrogen-bond donors (Lipinski definition) is 4. The summed E-state index contributed by atoms with van der Waals surface area (Å²) in [6.45, 7) is 0.814. The van der Waals surface area contributed by atoms with Crippen molar-refractivity contribution in [1.82, 2.24) is 14.1 Å². The minimum atomic E-state index is -3.33. The van der Waals surface area contributed by atoms with Gasteiger partial charge in [-0.25, -0.2) is 13.3 Å². The summed E-state index contributed by atoms with van der Waals surface area (Å²) in [6, 6.07) is 8.17. The number of phenolic OH excluding ortho intramolecular Hbond substituents is 3. The van der Waals surface area contributed by atoms with Crippen LogP contribution in [0.25, 0.3) is 6.08 Å². The van der Waals surface area contributed by atoms with Crippen LogP contribution >= 0.6 is 11.8 Å². The molecule has 2 heterocycles. The summed E-state index contributed by atoms with van der Waals surface area (Å²) in [5.74, 6) is -4.16. The number of imide groups is 3. The highest BCUT2D eigenvalue weighted by atomic mass is 32.2. The normalized spacial score (nSPS) is 18.1. The third-order valence-electron chi connectivity index (χ3n) is 6.00. The van der Waals surface area contributed by atoms with Crippen LogP contribution in [0.3, 0.4) is 0 Å². The number of piperazine rings is 1. The Morgan fingerprint density at radius 3 is 2.15 bits per heavy atom. The highest BCUT2D eigenvalue weighted by Gasteiger charge is 2.40. The lowest BCUT2D eigenvalue weighted by atomic mass is 10.1. The van der Waals surface area contributed by atoms with E-state index in [9.17, 15) is 42.9 Å². The fraction of sp³-hybridized carbons (Fsp3) is 0.250. The van der Waals surface area contributed by atoms with E-state index in [0.717, 1.165) is 18.4 Å². The first kappa shape index (κ1) is 28.1. The van der Waals surface area contributed by atoms with E-state index in [1.807, 2.05) is 0 Å². The van der Waals surface area contributed by atoms with Crippen molar-refractivity contribution >= 4 is 56.5 Å². The number of carbonyl (C=O) groups excluding carboxylic acids is 4. The molecule has 0 aliphatic carbocycles. The van der Waals surface area contributed by atoms with Gasteiger partial charge in [-0.05, 0) is 47.7 Å². The molecule has 39 heavy (non-hydrogen) atoms. The van der Waals surface area contributed by atoms with Crippen LogP contribution in [0.15, 0.2) is 41.3 Å². The lowest BCUT2D eigenvalue weighted by molar-refractivity contribution is -0.138. The number of aromatic hydroxyl groups is 3. The monoisotopic (exact) mass is 576 g/mol. The standard InChI is InChI=1S/C24H24N4O9S2/c1-39(36,37)27-8-6-26(7-9-27)13-20(31)28-23(34)19(38-24(28)35)10-14-2-4-16(5-3-14)25-22(33)15-11-17(29)21(32)18(30)12-15/h2-5,10-12,29-30,32H,6-9,13H2,1H3,(H,25,33)/b19-10-. The molecular formula is C24H24N4O9S2. The van der Waals surface area contributed by atoms with Gasteiger partial charge in [0.05, 0.1) is 17.7 Å². The molecule has 2 saturated heterocycles. The van der Waals surface area contributed by atoms with Gasteiger partial charge in [0.2, 0.25) is 10.0 Å². The van der Waals surface area contributed by atoms with Gasteiger partial charge in [0, 0.05) is 37.4 Å². The van der Waals surface area contributed by atoms with Gasteiger partial charge in [-0.2, -0.15) is 4.31 Å². The molecule has 0 atom stereocenters. The second-order valence-electron chi connectivity index (χ2n) is 8.79. The number of amides is 4. The second kappa shape index (κ2) is 11.1. The Kier molecular flexibility index (Phi) is 7.96. The number of rotatable bonds is 6. The largest absolute Gasteiger partial charge is 0.504 e. The smallest absolute Gasteiger partial charge is 0.300 e. The van der Waals surface area contributed by atoms with E-state index in [4.69, 9.17) is 0 Å². The quantitative estimate of drug-likeness (QED) is 0.286. The lowest BCUT2D eigenvalue weighted by Crippen LogP contribution is -2.51. The van der Waals surface area contributed by atoms with Crippen LogP contribution in [0, 0.1) is 0 Å². The predicted molar refractivity (Wildman–Crippen MR) is 142 cm³/mol. The number of nitrogens with one attached hydrogen (secondary N) is 1. The average molecular weight is 577 g/mol. The van der Waals surface area contributed by atoms with E-state index in [1.165, 1.54) is 22.5 Å². The van der Waals surface area contributed by atoms with Crippen molar-refractivity contribution in [3.63, 3.8) is 0 Å². The maximum atomic E-state index is 12.8. The van der Waals surface area contributed by atoms with Gasteiger partial charge >= 0.3 is 0 Å². The second-order valence-corrected chi connectivity index (χ2v) is 11.8. The zero-order valence-electron chi connectivity index (χ0n) is 20.5. The van der Waals surface area contributed by atoms with E-state index in [-0.39, 0.29) is 30.1 Å². The summed E-state index contributed by atoms with van der Waals surface area (Å²) in [4.78, 5) is 52.7. The van der Waals surface area contributed by atoms with Gasteiger partial charge in [-0.3, -0.25) is 24.1 Å². The van der Waals surface area contributed by atoms with Crippen LogP contribution in [0.5, 0.6) is 17.2 Å². The summed E-state index contributed by atoms with van der Waals surface area (Å²) in [5.41, 5.74) is 0.772. The molecule has 4 rings (SSSR count). The Morgan fingerprint density at radius 1 is 1.00 bits per heavy atom. The van der Waals surface area contributed by atoms with Crippen molar-refractivity contribution < 1.29 is 42.9 Å². The molecule has 2 fully saturated rings. The average Bonchev–Trinajstić information content (AvgIpc) is 3.15. The van der Waals surface area contributed by atoms with E-state index in [2.05, 4.69) is 5.32 Å². The van der Waals surface area contributed by atoms with Gasteiger partial charge in [-0.15, -0.1) is 0 Å². The Hall–Kier alpha value is -3.92. The number of thioether (sulfide) groups is 1. The topological polar surface area (TPSA) is 185 Å². The van der Waals surface area contributed by atoms with Crippen molar-refractivity contribution in [2.45, 2.75) is 0 Å². The molecule has 0 unspecified atom stereocenters. The van der Waals surface area contributed by atoms with Gasteiger partial charge in [0.15, 0.2) is 17.2 Å². The molecule has 13 nitrogen and oxygen atoms in total. The van der Waals surface area contributed by atoms with Crippen molar-refractivity contribution in [2.24, 2.45) is 0 Å². The molecule has 15 heteroatoms. The SMILES string of the molecule is CS(=O)(=O)N1CCN(CC(=O)N2C(=O)S/C(=C\c3ccc(NC(=O)c4cc(O)c(O)c(O)c4)cc3)C2=O)CC1. The number of carbonyl (C=O) groups is 4. The first-order chi connectivity index (χ1) is 18.3. The molecule has 0 bridgehead atoms. The Bertz CT molecular complexity index is 1460. The molecule has 4 amide bonds. The summed E-state index contributed by atoms with van der Waals surface area (Å²) in [5, 5.41) is 30.4. The molecule has 2 aromatic carbocycles. The Labute approximate surface area is 227 Å².